The molecule has 1 atom stereocenters. The summed E-state index contributed by atoms with van der Waals surface area (Å²) >= 11 is 1.51. The quantitative estimate of drug-likeness (QED) is 0.627. The van der Waals surface area contributed by atoms with E-state index in [9.17, 15) is 13.2 Å². The molecule has 0 saturated heterocycles. The van der Waals surface area contributed by atoms with Crippen molar-refractivity contribution < 1.29 is 13.2 Å². The van der Waals surface area contributed by atoms with Gasteiger partial charge in [0.15, 0.2) is 0 Å². The van der Waals surface area contributed by atoms with Gasteiger partial charge in [-0.25, -0.2) is 13.1 Å². The Labute approximate surface area is 166 Å². The molecule has 0 aliphatic carbocycles. The Hall–Kier alpha value is -1.83. The van der Waals surface area contributed by atoms with E-state index < -0.39 is 10.0 Å². The molecule has 7 heteroatoms. The second-order valence-electron chi connectivity index (χ2n) is 6.64. The molecule has 27 heavy (non-hydrogen) atoms. The van der Waals surface area contributed by atoms with E-state index in [0.29, 0.717) is 12.1 Å². The highest BCUT2D eigenvalue weighted by molar-refractivity contribution is 8.00. The number of thioether (sulfide) groups is 1. The molecule has 0 aliphatic rings. The second kappa shape index (κ2) is 9.92. The minimum atomic E-state index is -3.34. The molecule has 0 unspecified atom stereocenters. The highest BCUT2D eigenvalue weighted by Gasteiger charge is 2.15. The largest absolute Gasteiger partial charge is 0.351 e. The normalized spacial score (nSPS) is 12.7. The van der Waals surface area contributed by atoms with Crippen molar-refractivity contribution in [3.63, 3.8) is 0 Å². The van der Waals surface area contributed by atoms with E-state index >= 15 is 0 Å². The van der Waals surface area contributed by atoms with Crippen LogP contribution in [0.1, 0.15) is 31.9 Å². The van der Waals surface area contributed by atoms with Gasteiger partial charge in [0.1, 0.15) is 0 Å². The first-order valence-corrected chi connectivity index (χ1v) is 11.4. The van der Waals surface area contributed by atoms with Gasteiger partial charge in [-0.3, -0.25) is 4.79 Å². The minimum absolute atomic E-state index is 0.0309. The SMILES string of the molecule is CC(C)NS(=O)(=O)Cc1ccc(CNC(=O)[C@H](C)Sc2ccccc2)cc1. The molecule has 2 N–H and O–H groups in total. The number of carbonyl (C=O) groups excluding carboxylic acids is 1. The zero-order chi connectivity index (χ0) is 19.9. The van der Waals surface area contributed by atoms with Crippen LogP contribution in [0.3, 0.4) is 0 Å². The molecule has 2 aromatic carbocycles. The summed E-state index contributed by atoms with van der Waals surface area (Å²) in [7, 11) is -3.34. The van der Waals surface area contributed by atoms with Crippen molar-refractivity contribution in [2.75, 3.05) is 0 Å². The number of rotatable bonds is 9. The molecule has 1 amide bonds. The van der Waals surface area contributed by atoms with Gasteiger partial charge in [0, 0.05) is 17.5 Å². The standard InChI is InChI=1S/C20H26N2O3S2/c1-15(2)22-27(24,25)14-18-11-9-17(10-12-18)13-21-20(23)16(3)26-19-7-5-4-6-8-19/h4-12,15-16,22H,13-14H2,1-3H3,(H,21,23)/t16-/m0/s1. The van der Waals surface area contributed by atoms with Gasteiger partial charge in [0.05, 0.1) is 11.0 Å². The van der Waals surface area contributed by atoms with Crippen LogP contribution in [0.2, 0.25) is 0 Å². The monoisotopic (exact) mass is 406 g/mol. The smallest absolute Gasteiger partial charge is 0.233 e. The van der Waals surface area contributed by atoms with Crippen molar-refractivity contribution in [2.24, 2.45) is 0 Å². The van der Waals surface area contributed by atoms with Gasteiger partial charge in [0.25, 0.3) is 0 Å². The van der Waals surface area contributed by atoms with Gasteiger partial charge in [-0.15, -0.1) is 11.8 Å². The Morgan fingerprint density at radius 2 is 1.56 bits per heavy atom. The fraction of sp³-hybridized carbons (Fsp3) is 0.350. The molecule has 2 rings (SSSR count). The molecule has 0 heterocycles. The Bertz CT molecular complexity index is 835. The molecule has 5 nitrogen and oxygen atoms in total. The molecule has 0 aromatic heterocycles. The Balaban J connectivity index is 1.84. The van der Waals surface area contributed by atoms with Gasteiger partial charge in [-0.2, -0.15) is 0 Å². The van der Waals surface area contributed by atoms with E-state index in [1.165, 1.54) is 11.8 Å². The summed E-state index contributed by atoms with van der Waals surface area (Å²) in [4.78, 5) is 13.3. The van der Waals surface area contributed by atoms with Gasteiger partial charge < -0.3 is 5.32 Å². The van der Waals surface area contributed by atoms with Gasteiger partial charge >= 0.3 is 0 Å². The van der Waals surface area contributed by atoms with Gasteiger partial charge in [-0.1, -0.05) is 42.5 Å². The van der Waals surface area contributed by atoms with E-state index in [2.05, 4.69) is 10.0 Å². The zero-order valence-corrected chi connectivity index (χ0v) is 17.4. The van der Waals surface area contributed by atoms with Crippen LogP contribution in [0.15, 0.2) is 59.5 Å². The number of sulfonamides is 1. The van der Waals surface area contributed by atoms with Crippen molar-refractivity contribution in [3.05, 3.63) is 65.7 Å². The third-order valence-corrected chi connectivity index (χ3v) is 6.34. The molecule has 0 radical (unpaired) electrons. The highest BCUT2D eigenvalue weighted by atomic mass is 32.2. The van der Waals surface area contributed by atoms with Crippen molar-refractivity contribution >= 4 is 27.7 Å². The molecular weight excluding hydrogens is 380 g/mol. The van der Waals surface area contributed by atoms with Crippen LogP contribution in [0.25, 0.3) is 0 Å². The van der Waals surface area contributed by atoms with E-state index in [-0.39, 0.29) is 23.0 Å². The third kappa shape index (κ3) is 7.74. The number of benzene rings is 2. The fourth-order valence-electron chi connectivity index (χ4n) is 2.46. The minimum Gasteiger partial charge on any atom is -0.351 e. The lowest BCUT2D eigenvalue weighted by Gasteiger charge is -2.12. The first-order chi connectivity index (χ1) is 12.7. The van der Waals surface area contributed by atoms with Crippen LogP contribution in [-0.4, -0.2) is 25.6 Å². The first-order valence-electron chi connectivity index (χ1n) is 8.82. The lowest BCUT2D eigenvalue weighted by Crippen LogP contribution is -2.31. The Kier molecular flexibility index (Phi) is 7.89. The van der Waals surface area contributed by atoms with E-state index in [1.54, 1.807) is 26.0 Å². The summed E-state index contributed by atoms with van der Waals surface area (Å²) in [6.07, 6.45) is 0. The maximum Gasteiger partial charge on any atom is 0.233 e. The van der Waals surface area contributed by atoms with Crippen LogP contribution < -0.4 is 10.0 Å². The summed E-state index contributed by atoms with van der Waals surface area (Å²) in [6.45, 7) is 5.87. The van der Waals surface area contributed by atoms with Crippen LogP contribution in [0, 0.1) is 0 Å². The van der Waals surface area contributed by atoms with Crippen LogP contribution in [0.4, 0.5) is 0 Å². The van der Waals surface area contributed by atoms with Crippen molar-refractivity contribution in [1.29, 1.82) is 0 Å². The van der Waals surface area contributed by atoms with Crippen molar-refractivity contribution in [1.82, 2.24) is 10.0 Å². The van der Waals surface area contributed by atoms with Crippen molar-refractivity contribution in [2.45, 2.75) is 49.3 Å². The molecule has 0 bridgehead atoms. The predicted molar refractivity (Wildman–Crippen MR) is 111 cm³/mol. The number of hydrogen-bond acceptors (Lipinski definition) is 4. The zero-order valence-electron chi connectivity index (χ0n) is 15.8. The summed E-state index contributed by atoms with van der Waals surface area (Å²) in [6, 6.07) is 16.9. The predicted octanol–water partition coefficient (Wildman–Crippen LogP) is 3.31. The number of carbonyl (C=O) groups is 1. The van der Waals surface area contributed by atoms with Crippen LogP contribution >= 0.6 is 11.8 Å². The lowest BCUT2D eigenvalue weighted by molar-refractivity contribution is -0.120. The maximum absolute atomic E-state index is 12.3. The summed E-state index contributed by atoms with van der Waals surface area (Å²) in [5.74, 6) is -0.0839. The maximum atomic E-state index is 12.3. The van der Waals surface area contributed by atoms with Crippen LogP contribution in [-0.2, 0) is 27.1 Å². The van der Waals surface area contributed by atoms with E-state index in [1.807, 2.05) is 49.4 Å². The Morgan fingerprint density at radius 1 is 0.963 bits per heavy atom. The average molecular weight is 407 g/mol. The Morgan fingerprint density at radius 3 is 2.15 bits per heavy atom. The molecular formula is C20H26N2O3S2. The van der Waals surface area contributed by atoms with Gasteiger partial charge in [-0.05, 0) is 44.0 Å². The second-order valence-corrected chi connectivity index (χ2v) is 9.81. The van der Waals surface area contributed by atoms with Gasteiger partial charge in [0.2, 0.25) is 15.9 Å². The average Bonchev–Trinajstić information content (AvgIpc) is 2.60. The first kappa shape index (κ1) is 21.5. The number of amides is 1. The third-order valence-electron chi connectivity index (χ3n) is 3.69. The lowest BCUT2D eigenvalue weighted by atomic mass is 10.1. The topological polar surface area (TPSA) is 75.3 Å². The molecule has 2 aromatic rings. The summed E-state index contributed by atoms with van der Waals surface area (Å²) in [5, 5.41) is 2.73. The number of hydrogen-bond donors (Lipinski definition) is 2. The molecule has 0 spiro atoms. The van der Waals surface area contributed by atoms with Crippen LogP contribution in [0.5, 0.6) is 0 Å². The number of nitrogens with one attached hydrogen (secondary N) is 2. The molecule has 0 aliphatic heterocycles. The van der Waals surface area contributed by atoms with Crippen molar-refractivity contribution in [3.8, 4) is 0 Å². The van der Waals surface area contributed by atoms with E-state index in [4.69, 9.17) is 0 Å². The summed E-state index contributed by atoms with van der Waals surface area (Å²) in [5.41, 5.74) is 1.64. The molecule has 0 fully saturated rings. The van der Waals surface area contributed by atoms with E-state index in [0.717, 1.165) is 10.5 Å². The molecule has 0 saturated carbocycles. The fourth-order valence-corrected chi connectivity index (χ4v) is 4.81. The summed E-state index contributed by atoms with van der Waals surface area (Å²) < 4.78 is 26.5. The highest BCUT2D eigenvalue weighted by Crippen LogP contribution is 2.22. The molecule has 146 valence electrons.